The molecule has 3 heteroatoms. The van der Waals surface area contributed by atoms with Gasteiger partial charge in [0.2, 0.25) is 0 Å². The van der Waals surface area contributed by atoms with Crippen molar-refractivity contribution in [1.29, 1.82) is 0 Å². The van der Waals surface area contributed by atoms with E-state index in [0.717, 1.165) is 6.54 Å². The lowest BCUT2D eigenvalue weighted by Gasteiger charge is -2.24. The van der Waals surface area contributed by atoms with Crippen LogP contribution in [0.25, 0.3) is 0 Å². The van der Waals surface area contributed by atoms with E-state index in [1.165, 1.54) is 29.9 Å². The first kappa shape index (κ1) is 9.44. The first-order valence-corrected chi connectivity index (χ1v) is 5.38. The predicted octanol–water partition coefficient (Wildman–Crippen LogP) is 1.37. The topological polar surface area (TPSA) is 27.3 Å². The number of nitrogens with one attached hydrogen (secondary N) is 2. The van der Waals surface area contributed by atoms with E-state index in [1.54, 1.807) is 0 Å². The monoisotopic (exact) mass is 193 g/mol. The molecule has 78 valence electrons. The highest BCUT2D eigenvalue weighted by atomic mass is 15.4. The molecule has 2 heterocycles. The van der Waals surface area contributed by atoms with Crippen molar-refractivity contribution in [3.63, 3.8) is 0 Å². The van der Waals surface area contributed by atoms with E-state index in [4.69, 9.17) is 0 Å². The molecule has 1 atom stereocenters. The van der Waals surface area contributed by atoms with Crippen molar-refractivity contribution in [3.8, 4) is 0 Å². The van der Waals surface area contributed by atoms with Gasteiger partial charge in [-0.25, -0.2) is 0 Å². The van der Waals surface area contributed by atoms with Crippen molar-refractivity contribution in [2.45, 2.75) is 32.9 Å². The largest absolute Gasteiger partial charge is 0.366 e. The zero-order valence-electron chi connectivity index (χ0n) is 9.22. The maximum absolute atomic E-state index is 3.57. The minimum Gasteiger partial charge on any atom is -0.366 e. The van der Waals surface area contributed by atoms with Crippen LogP contribution in [0.15, 0.2) is 23.2 Å². The highest BCUT2D eigenvalue weighted by Crippen LogP contribution is 2.25. The summed E-state index contributed by atoms with van der Waals surface area (Å²) >= 11 is 0. The summed E-state index contributed by atoms with van der Waals surface area (Å²) < 4.78 is 0. The molecule has 2 aliphatic rings. The van der Waals surface area contributed by atoms with Crippen LogP contribution < -0.4 is 10.6 Å². The number of hydrogen-bond acceptors (Lipinski definition) is 3. The zero-order chi connectivity index (χ0) is 10.1. The molecule has 2 N–H and O–H groups in total. The van der Waals surface area contributed by atoms with Crippen molar-refractivity contribution >= 4 is 0 Å². The fraction of sp³-hybridized carbons (Fsp3) is 0.636. The van der Waals surface area contributed by atoms with Gasteiger partial charge in [-0.3, -0.25) is 0 Å². The maximum atomic E-state index is 3.57. The predicted molar refractivity (Wildman–Crippen MR) is 58.4 cm³/mol. The van der Waals surface area contributed by atoms with E-state index in [2.05, 4.69) is 42.5 Å². The third-order valence-electron chi connectivity index (χ3n) is 3.00. The van der Waals surface area contributed by atoms with Gasteiger partial charge >= 0.3 is 0 Å². The van der Waals surface area contributed by atoms with E-state index >= 15 is 0 Å². The number of rotatable bonds is 2. The molecule has 0 radical (unpaired) electrons. The summed E-state index contributed by atoms with van der Waals surface area (Å²) in [7, 11) is 2.15. The highest BCUT2D eigenvalue weighted by molar-refractivity contribution is 5.38. The standard InChI is InChI=1S/C11H19N3/c1-4-5-9-13-10-8(2)6-7-12-11(10)14(9)3/h6,9,12-13H,4-5,7H2,1-3H3/t9-/m0/s1. The third-order valence-corrected chi connectivity index (χ3v) is 3.00. The average molecular weight is 193 g/mol. The maximum Gasteiger partial charge on any atom is 0.127 e. The molecule has 3 nitrogen and oxygen atoms in total. The number of dihydropyridines is 1. The summed E-state index contributed by atoms with van der Waals surface area (Å²) in [5, 5.41) is 6.98. The van der Waals surface area contributed by atoms with Crippen LogP contribution in [0, 0.1) is 0 Å². The van der Waals surface area contributed by atoms with Crippen molar-refractivity contribution in [2.24, 2.45) is 0 Å². The van der Waals surface area contributed by atoms with E-state index in [1.807, 2.05) is 0 Å². The van der Waals surface area contributed by atoms with Crippen LogP contribution in [-0.4, -0.2) is 24.7 Å². The molecule has 0 fully saturated rings. The van der Waals surface area contributed by atoms with Crippen molar-refractivity contribution in [3.05, 3.63) is 23.2 Å². The molecule has 0 saturated carbocycles. The molecule has 0 bridgehead atoms. The van der Waals surface area contributed by atoms with Gasteiger partial charge < -0.3 is 15.5 Å². The van der Waals surface area contributed by atoms with Crippen LogP contribution in [0.1, 0.15) is 26.7 Å². The van der Waals surface area contributed by atoms with E-state index in [0.29, 0.717) is 6.17 Å². The van der Waals surface area contributed by atoms with Crippen LogP contribution >= 0.6 is 0 Å². The molecule has 2 rings (SSSR count). The number of nitrogens with zero attached hydrogens (tertiary/aromatic N) is 1. The van der Waals surface area contributed by atoms with Gasteiger partial charge in [0.15, 0.2) is 0 Å². The van der Waals surface area contributed by atoms with Crippen molar-refractivity contribution in [1.82, 2.24) is 15.5 Å². The van der Waals surface area contributed by atoms with Crippen LogP contribution in [0.3, 0.4) is 0 Å². The highest BCUT2D eigenvalue weighted by Gasteiger charge is 2.29. The van der Waals surface area contributed by atoms with Crippen LogP contribution in [0.2, 0.25) is 0 Å². The third kappa shape index (κ3) is 1.37. The molecule has 0 saturated heterocycles. The van der Waals surface area contributed by atoms with Crippen molar-refractivity contribution in [2.75, 3.05) is 13.6 Å². The quantitative estimate of drug-likeness (QED) is 0.693. The smallest absolute Gasteiger partial charge is 0.127 e. The molecule has 0 aromatic heterocycles. The molecule has 0 amide bonds. The van der Waals surface area contributed by atoms with Crippen LogP contribution in [0.4, 0.5) is 0 Å². The first-order valence-electron chi connectivity index (χ1n) is 5.38. The Balaban J connectivity index is 2.17. The Bertz CT molecular complexity index is 291. The fourth-order valence-electron chi connectivity index (χ4n) is 2.12. The second kappa shape index (κ2) is 3.56. The second-order valence-corrected chi connectivity index (χ2v) is 4.05. The molecule has 14 heavy (non-hydrogen) atoms. The van der Waals surface area contributed by atoms with E-state index < -0.39 is 0 Å². The molecule has 0 aliphatic carbocycles. The summed E-state index contributed by atoms with van der Waals surface area (Å²) in [6.07, 6.45) is 5.11. The Morgan fingerprint density at radius 2 is 2.36 bits per heavy atom. The van der Waals surface area contributed by atoms with Crippen LogP contribution in [-0.2, 0) is 0 Å². The normalized spacial score (nSPS) is 25.5. The second-order valence-electron chi connectivity index (χ2n) is 4.05. The lowest BCUT2D eigenvalue weighted by molar-refractivity contribution is 0.279. The first-order chi connectivity index (χ1) is 6.74. The molecule has 0 spiro atoms. The zero-order valence-corrected chi connectivity index (χ0v) is 9.22. The van der Waals surface area contributed by atoms with Gasteiger partial charge in [-0.15, -0.1) is 0 Å². The summed E-state index contributed by atoms with van der Waals surface area (Å²) in [5.41, 5.74) is 2.65. The Hall–Kier alpha value is -1.12. The Kier molecular flexibility index (Phi) is 2.40. The summed E-state index contributed by atoms with van der Waals surface area (Å²) in [6.45, 7) is 5.35. The fourth-order valence-corrected chi connectivity index (χ4v) is 2.12. The van der Waals surface area contributed by atoms with Gasteiger partial charge in [0.25, 0.3) is 0 Å². The summed E-state index contributed by atoms with van der Waals surface area (Å²) in [4.78, 5) is 2.31. The van der Waals surface area contributed by atoms with Gasteiger partial charge in [0, 0.05) is 13.6 Å². The SMILES string of the molecule is CCC[C@H]1NC2=C(NCC=C2C)N1C. The van der Waals surface area contributed by atoms with Crippen molar-refractivity contribution < 1.29 is 0 Å². The molecule has 0 unspecified atom stereocenters. The van der Waals surface area contributed by atoms with Gasteiger partial charge in [0.1, 0.15) is 12.0 Å². The molecule has 0 aromatic carbocycles. The molecular formula is C11H19N3. The Labute approximate surface area is 85.9 Å². The molecule has 2 aliphatic heterocycles. The van der Waals surface area contributed by atoms with Gasteiger partial charge in [-0.1, -0.05) is 19.4 Å². The summed E-state index contributed by atoms with van der Waals surface area (Å²) in [6, 6.07) is 0. The van der Waals surface area contributed by atoms with E-state index in [-0.39, 0.29) is 0 Å². The minimum atomic E-state index is 0.471. The Morgan fingerprint density at radius 3 is 3.00 bits per heavy atom. The number of hydrogen-bond donors (Lipinski definition) is 2. The summed E-state index contributed by atoms with van der Waals surface area (Å²) in [5.74, 6) is 1.27. The van der Waals surface area contributed by atoms with Crippen LogP contribution in [0.5, 0.6) is 0 Å². The van der Waals surface area contributed by atoms with Gasteiger partial charge in [0.05, 0.1) is 5.70 Å². The average Bonchev–Trinajstić information content (AvgIpc) is 2.48. The van der Waals surface area contributed by atoms with E-state index in [9.17, 15) is 0 Å². The molecule has 0 aromatic rings. The Morgan fingerprint density at radius 1 is 1.57 bits per heavy atom. The minimum absolute atomic E-state index is 0.471. The lowest BCUT2D eigenvalue weighted by atomic mass is 10.1. The number of allylic oxidation sites excluding steroid dienone is 1. The molecular weight excluding hydrogens is 174 g/mol. The lowest BCUT2D eigenvalue weighted by Crippen LogP contribution is -2.36. The van der Waals surface area contributed by atoms with Gasteiger partial charge in [-0.2, -0.15) is 0 Å². The van der Waals surface area contributed by atoms with Gasteiger partial charge in [-0.05, 0) is 18.9 Å².